The topological polar surface area (TPSA) is 95.9 Å². The maximum atomic E-state index is 12.5. The summed E-state index contributed by atoms with van der Waals surface area (Å²) in [6.07, 6.45) is 73.2. The lowest BCUT2D eigenvalue weighted by Gasteiger charge is -2.20. The van der Waals surface area contributed by atoms with E-state index in [1.165, 1.54) is 231 Å². The molecular formula is C63H119NO5. The number of aliphatic hydroxyl groups is 2. The minimum Gasteiger partial charge on any atom is -0.466 e. The fourth-order valence-corrected chi connectivity index (χ4v) is 9.39. The standard InChI is InChI=1S/C63H119NO5/c1-3-5-7-9-11-13-15-17-19-20-21-22-23-24-25-26-28-31-35-39-43-47-51-55-61(66)60(59-65)64-62(67)56-52-48-44-40-36-32-29-27-30-34-38-42-46-50-54-58-69-63(68)57-53-49-45-41-37-33-18-16-14-12-10-8-6-4-2/h16,18,30,34,51,55,60-61,65-66H,3-15,17,19-29,31-33,35-50,52-54,56-59H2,1-2H3,(H,64,67)/b18-16-,34-30-,55-51+. The molecule has 1 amide bonds. The lowest BCUT2D eigenvalue weighted by molar-refractivity contribution is -0.143. The first kappa shape index (κ1) is 67.1. The first-order chi connectivity index (χ1) is 34.0. The normalized spacial score (nSPS) is 12.8. The molecule has 6 heteroatoms. The van der Waals surface area contributed by atoms with Gasteiger partial charge in [-0.25, -0.2) is 0 Å². The van der Waals surface area contributed by atoms with E-state index in [9.17, 15) is 19.8 Å². The molecule has 3 N–H and O–H groups in total. The Labute approximate surface area is 430 Å². The Morgan fingerprint density at radius 1 is 0.391 bits per heavy atom. The van der Waals surface area contributed by atoms with Gasteiger partial charge in [-0.15, -0.1) is 0 Å². The predicted octanol–water partition coefficient (Wildman–Crippen LogP) is 19.2. The van der Waals surface area contributed by atoms with Crippen LogP contribution in [0.2, 0.25) is 0 Å². The molecule has 0 spiro atoms. The molecule has 0 aromatic carbocycles. The average molecular weight is 971 g/mol. The fourth-order valence-electron chi connectivity index (χ4n) is 9.39. The highest BCUT2D eigenvalue weighted by Gasteiger charge is 2.18. The molecule has 2 unspecified atom stereocenters. The molecule has 0 bridgehead atoms. The summed E-state index contributed by atoms with van der Waals surface area (Å²) in [6, 6.07) is -0.641. The summed E-state index contributed by atoms with van der Waals surface area (Å²) < 4.78 is 5.46. The van der Waals surface area contributed by atoms with Gasteiger partial charge in [0.1, 0.15) is 0 Å². The summed E-state index contributed by atoms with van der Waals surface area (Å²) in [6.45, 7) is 4.87. The molecule has 2 atom stereocenters. The Hall–Kier alpha value is -1.92. The molecular weight excluding hydrogens is 851 g/mol. The highest BCUT2D eigenvalue weighted by molar-refractivity contribution is 5.76. The summed E-state index contributed by atoms with van der Waals surface area (Å²) in [5.74, 6) is -0.100. The number of carbonyl (C=O) groups is 2. The number of hydrogen-bond donors (Lipinski definition) is 3. The monoisotopic (exact) mass is 970 g/mol. The Balaban J connectivity index is 3.51. The van der Waals surface area contributed by atoms with Crippen molar-refractivity contribution in [1.29, 1.82) is 0 Å². The average Bonchev–Trinajstić information content (AvgIpc) is 3.35. The Bertz CT molecular complexity index is 1120. The van der Waals surface area contributed by atoms with Crippen molar-refractivity contribution in [1.82, 2.24) is 5.32 Å². The molecule has 0 aromatic rings. The van der Waals surface area contributed by atoms with E-state index in [-0.39, 0.29) is 18.5 Å². The highest BCUT2D eigenvalue weighted by atomic mass is 16.5. The van der Waals surface area contributed by atoms with E-state index in [0.717, 1.165) is 70.6 Å². The van der Waals surface area contributed by atoms with Crippen LogP contribution in [-0.4, -0.2) is 47.4 Å². The number of aliphatic hydroxyl groups excluding tert-OH is 2. The smallest absolute Gasteiger partial charge is 0.305 e. The van der Waals surface area contributed by atoms with Crippen molar-refractivity contribution in [2.45, 2.75) is 341 Å². The van der Waals surface area contributed by atoms with Gasteiger partial charge in [0.05, 0.1) is 25.4 Å². The predicted molar refractivity (Wildman–Crippen MR) is 301 cm³/mol. The third-order valence-corrected chi connectivity index (χ3v) is 14.1. The highest BCUT2D eigenvalue weighted by Crippen LogP contribution is 2.17. The number of hydrogen-bond acceptors (Lipinski definition) is 5. The van der Waals surface area contributed by atoms with Gasteiger partial charge in [-0.3, -0.25) is 9.59 Å². The third-order valence-electron chi connectivity index (χ3n) is 14.1. The van der Waals surface area contributed by atoms with Crippen LogP contribution in [0, 0.1) is 0 Å². The second-order valence-corrected chi connectivity index (χ2v) is 21.0. The van der Waals surface area contributed by atoms with Crippen molar-refractivity contribution < 1.29 is 24.5 Å². The Morgan fingerprint density at radius 3 is 1.03 bits per heavy atom. The van der Waals surface area contributed by atoms with Crippen LogP contribution < -0.4 is 5.32 Å². The second-order valence-electron chi connectivity index (χ2n) is 21.0. The van der Waals surface area contributed by atoms with E-state index in [0.29, 0.717) is 19.4 Å². The van der Waals surface area contributed by atoms with Crippen molar-refractivity contribution >= 4 is 11.9 Å². The Morgan fingerprint density at radius 2 is 0.681 bits per heavy atom. The number of rotatable bonds is 57. The zero-order chi connectivity index (χ0) is 50.0. The van der Waals surface area contributed by atoms with Gasteiger partial charge in [-0.2, -0.15) is 0 Å². The van der Waals surface area contributed by atoms with Crippen molar-refractivity contribution in [3.05, 3.63) is 36.5 Å². The van der Waals surface area contributed by atoms with Gasteiger partial charge in [-0.1, -0.05) is 269 Å². The molecule has 0 saturated carbocycles. The van der Waals surface area contributed by atoms with Crippen LogP contribution in [0.25, 0.3) is 0 Å². The number of allylic oxidation sites excluding steroid dienone is 5. The van der Waals surface area contributed by atoms with E-state index in [1.807, 2.05) is 6.08 Å². The van der Waals surface area contributed by atoms with Gasteiger partial charge < -0.3 is 20.3 Å². The molecule has 0 fully saturated rings. The number of esters is 1. The van der Waals surface area contributed by atoms with Gasteiger partial charge in [0.15, 0.2) is 0 Å². The summed E-state index contributed by atoms with van der Waals surface area (Å²) in [7, 11) is 0. The molecule has 6 nitrogen and oxygen atoms in total. The van der Waals surface area contributed by atoms with Crippen LogP contribution in [0.5, 0.6) is 0 Å². The first-order valence-corrected chi connectivity index (χ1v) is 30.8. The zero-order valence-electron chi connectivity index (χ0n) is 46.3. The number of carbonyl (C=O) groups excluding carboxylic acids is 2. The number of amides is 1. The van der Waals surface area contributed by atoms with Crippen LogP contribution in [0.4, 0.5) is 0 Å². The Kier molecular flexibility index (Phi) is 57.0. The van der Waals surface area contributed by atoms with Crippen molar-refractivity contribution in [3.63, 3.8) is 0 Å². The van der Waals surface area contributed by atoms with Gasteiger partial charge in [0.25, 0.3) is 0 Å². The van der Waals surface area contributed by atoms with Crippen molar-refractivity contribution in [2.75, 3.05) is 13.2 Å². The molecule has 0 aromatic heterocycles. The lowest BCUT2D eigenvalue weighted by Crippen LogP contribution is -2.45. The molecule has 0 aliphatic carbocycles. The number of unbranched alkanes of at least 4 members (excludes halogenated alkanes) is 42. The van der Waals surface area contributed by atoms with Gasteiger partial charge in [-0.05, 0) is 83.5 Å². The molecule has 406 valence electrons. The first-order valence-electron chi connectivity index (χ1n) is 30.8. The van der Waals surface area contributed by atoms with Crippen LogP contribution in [0.1, 0.15) is 328 Å². The summed E-state index contributed by atoms with van der Waals surface area (Å²) >= 11 is 0. The zero-order valence-corrected chi connectivity index (χ0v) is 46.3. The van der Waals surface area contributed by atoms with Gasteiger partial charge >= 0.3 is 5.97 Å². The molecule has 0 rings (SSSR count). The minimum atomic E-state index is -0.856. The number of ether oxygens (including phenoxy) is 1. The third kappa shape index (κ3) is 55.2. The maximum Gasteiger partial charge on any atom is 0.305 e. The summed E-state index contributed by atoms with van der Waals surface area (Å²) in [5, 5.41) is 23.2. The van der Waals surface area contributed by atoms with Crippen LogP contribution in [-0.2, 0) is 14.3 Å². The molecule has 0 aliphatic heterocycles. The fraction of sp³-hybridized carbons (Fsp3) is 0.873. The molecule has 0 heterocycles. The van der Waals surface area contributed by atoms with Crippen LogP contribution >= 0.6 is 0 Å². The summed E-state index contributed by atoms with van der Waals surface area (Å²) in [4.78, 5) is 24.5. The van der Waals surface area contributed by atoms with Crippen LogP contribution in [0.15, 0.2) is 36.5 Å². The number of nitrogens with one attached hydrogen (secondary N) is 1. The van der Waals surface area contributed by atoms with Gasteiger partial charge in [0, 0.05) is 12.8 Å². The minimum absolute atomic E-state index is 0.0195. The second kappa shape index (κ2) is 58.6. The maximum absolute atomic E-state index is 12.5. The van der Waals surface area contributed by atoms with Crippen molar-refractivity contribution in [3.8, 4) is 0 Å². The molecule has 0 aliphatic rings. The molecule has 0 saturated heterocycles. The quantitative estimate of drug-likeness (QED) is 0.0321. The SMILES string of the molecule is CCCCCCC/C=C\CCCCCCCC(=O)OCCCCCC/C=C\CCCCCCCCCC(=O)NC(CO)C(O)/C=C/CCCCCCCCCCCCCCCCCCCCCCC. The van der Waals surface area contributed by atoms with Crippen molar-refractivity contribution in [2.24, 2.45) is 0 Å². The van der Waals surface area contributed by atoms with E-state index < -0.39 is 12.1 Å². The van der Waals surface area contributed by atoms with E-state index >= 15 is 0 Å². The van der Waals surface area contributed by atoms with E-state index in [1.54, 1.807) is 6.08 Å². The molecule has 0 radical (unpaired) electrons. The van der Waals surface area contributed by atoms with E-state index in [2.05, 4.69) is 43.5 Å². The molecule has 69 heavy (non-hydrogen) atoms. The van der Waals surface area contributed by atoms with Crippen LogP contribution in [0.3, 0.4) is 0 Å². The van der Waals surface area contributed by atoms with E-state index in [4.69, 9.17) is 4.74 Å². The van der Waals surface area contributed by atoms with Gasteiger partial charge in [0.2, 0.25) is 5.91 Å². The lowest BCUT2D eigenvalue weighted by atomic mass is 10.0. The largest absolute Gasteiger partial charge is 0.466 e. The summed E-state index contributed by atoms with van der Waals surface area (Å²) in [5.41, 5.74) is 0.